The fourth-order valence-corrected chi connectivity index (χ4v) is 6.37. The number of nitrogens with zero attached hydrogens (tertiary/aromatic N) is 6. The summed E-state index contributed by atoms with van der Waals surface area (Å²) < 4.78 is 29.1. The first-order valence-electron chi connectivity index (χ1n) is 13.2. The van der Waals surface area contributed by atoms with E-state index in [9.17, 15) is 13.9 Å². The number of benzene rings is 1. The molecule has 0 aliphatic heterocycles. The molecule has 3 atom stereocenters. The Hall–Kier alpha value is -3.92. The maximum Gasteiger partial charge on any atom is 0.222 e. The van der Waals surface area contributed by atoms with Gasteiger partial charge in [-0.3, -0.25) is 4.98 Å². The number of nitrogens with one attached hydrogen (secondary N) is 1. The molecule has 2 aliphatic rings. The molecule has 3 aromatic heterocycles. The number of aromatic nitrogens is 6. The number of aliphatic hydroxyl groups is 1. The van der Waals surface area contributed by atoms with Crippen molar-refractivity contribution in [2.75, 3.05) is 11.9 Å². The average Bonchev–Trinajstić information content (AvgIpc) is 3.33. The average molecular weight is 530 g/mol. The summed E-state index contributed by atoms with van der Waals surface area (Å²) in [5.74, 6) is -0.764. The number of rotatable bonds is 7. The minimum atomic E-state index is -0.662. The lowest BCUT2D eigenvalue weighted by Crippen LogP contribution is -2.38. The van der Waals surface area contributed by atoms with Gasteiger partial charge in [0.15, 0.2) is 0 Å². The molecule has 6 rings (SSSR count). The SMILES string of the molecule is CC[C@@H](O)CNc1ncc(-c2cncc([C@@]34CC[C@@H](c5cc(-c6c(F)cccc6F)nnc53)C4(C)C)n2)cn1. The molecular weight excluding hydrogens is 500 g/mol. The second kappa shape index (κ2) is 9.37. The van der Waals surface area contributed by atoms with Gasteiger partial charge < -0.3 is 10.4 Å². The zero-order chi connectivity index (χ0) is 27.4. The summed E-state index contributed by atoms with van der Waals surface area (Å²) in [6.07, 6.45) is 8.70. The molecule has 1 aromatic carbocycles. The van der Waals surface area contributed by atoms with Crippen LogP contribution in [0, 0.1) is 17.0 Å². The topological polar surface area (TPSA) is 110 Å². The molecule has 2 aliphatic carbocycles. The fourth-order valence-electron chi connectivity index (χ4n) is 6.37. The lowest BCUT2D eigenvalue weighted by molar-refractivity contribution is 0.183. The van der Waals surface area contributed by atoms with Crippen molar-refractivity contribution < 1.29 is 13.9 Å². The molecule has 2 bridgehead atoms. The van der Waals surface area contributed by atoms with Crippen molar-refractivity contribution >= 4 is 5.95 Å². The summed E-state index contributed by atoms with van der Waals surface area (Å²) >= 11 is 0. The van der Waals surface area contributed by atoms with Crippen LogP contribution in [0.3, 0.4) is 0 Å². The van der Waals surface area contributed by atoms with E-state index in [1.165, 1.54) is 18.2 Å². The molecule has 4 aromatic rings. The van der Waals surface area contributed by atoms with Crippen LogP contribution in [0.1, 0.15) is 62.9 Å². The van der Waals surface area contributed by atoms with Crippen molar-refractivity contribution in [2.45, 2.75) is 57.5 Å². The molecule has 3 heterocycles. The van der Waals surface area contributed by atoms with E-state index in [0.717, 1.165) is 29.8 Å². The van der Waals surface area contributed by atoms with Gasteiger partial charge in [-0.15, -0.1) is 5.10 Å². The van der Waals surface area contributed by atoms with Crippen LogP contribution in [-0.2, 0) is 5.41 Å². The van der Waals surface area contributed by atoms with Crippen molar-refractivity contribution in [3.63, 3.8) is 0 Å². The highest BCUT2D eigenvalue weighted by atomic mass is 19.1. The molecule has 0 spiro atoms. The van der Waals surface area contributed by atoms with E-state index < -0.39 is 23.2 Å². The Kier molecular flexibility index (Phi) is 6.10. The number of hydrogen-bond donors (Lipinski definition) is 2. The van der Waals surface area contributed by atoms with E-state index in [1.807, 2.05) is 6.92 Å². The number of aliphatic hydroxyl groups excluding tert-OH is 1. The van der Waals surface area contributed by atoms with Gasteiger partial charge in [-0.2, -0.15) is 5.10 Å². The Balaban J connectivity index is 1.38. The zero-order valence-electron chi connectivity index (χ0n) is 22.0. The minimum Gasteiger partial charge on any atom is -0.391 e. The maximum absolute atomic E-state index is 14.5. The minimum absolute atomic E-state index is 0.134. The van der Waals surface area contributed by atoms with Gasteiger partial charge in [0.2, 0.25) is 5.95 Å². The van der Waals surface area contributed by atoms with Gasteiger partial charge in [-0.1, -0.05) is 26.8 Å². The van der Waals surface area contributed by atoms with Gasteiger partial charge in [0.25, 0.3) is 0 Å². The van der Waals surface area contributed by atoms with Crippen molar-refractivity contribution in [2.24, 2.45) is 5.41 Å². The third-order valence-corrected chi connectivity index (χ3v) is 8.59. The summed E-state index contributed by atoms with van der Waals surface area (Å²) in [5, 5.41) is 21.7. The molecule has 2 N–H and O–H groups in total. The molecule has 0 radical (unpaired) electrons. The molecule has 0 amide bonds. The van der Waals surface area contributed by atoms with E-state index in [1.54, 1.807) is 30.9 Å². The molecule has 39 heavy (non-hydrogen) atoms. The maximum atomic E-state index is 14.5. The van der Waals surface area contributed by atoms with E-state index in [4.69, 9.17) is 4.98 Å². The highest BCUT2D eigenvalue weighted by Gasteiger charge is 2.65. The quantitative estimate of drug-likeness (QED) is 0.342. The number of fused-ring (bicyclic) bond motifs is 5. The van der Waals surface area contributed by atoms with Crippen LogP contribution in [0.15, 0.2) is 49.1 Å². The van der Waals surface area contributed by atoms with Gasteiger partial charge >= 0.3 is 0 Å². The number of halogens is 2. The highest BCUT2D eigenvalue weighted by Crippen LogP contribution is 2.69. The van der Waals surface area contributed by atoms with Gasteiger partial charge in [0.05, 0.1) is 46.1 Å². The normalized spacial score (nSPS) is 21.5. The van der Waals surface area contributed by atoms with Crippen LogP contribution in [-0.4, -0.2) is 47.9 Å². The monoisotopic (exact) mass is 529 g/mol. The summed E-state index contributed by atoms with van der Waals surface area (Å²) in [6.45, 7) is 6.66. The van der Waals surface area contributed by atoms with Crippen LogP contribution in [0.5, 0.6) is 0 Å². The largest absolute Gasteiger partial charge is 0.391 e. The molecule has 1 saturated carbocycles. The first-order valence-corrected chi connectivity index (χ1v) is 13.2. The Morgan fingerprint density at radius 2 is 1.79 bits per heavy atom. The molecule has 8 nitrogen and oxygen atoms in total. The van der Waals surface area contributed by atoms with Crippen molar-refractivity contribution in [3.8, 4) is 22.5 Å². The lowest BCUT2D eigenvalue weighted by atomic mass is 9.66. The van der Waals surface area contributed by atoms with Gasteiger partial charge in [0.1, 0.15) is 11.6 Å². The van der Waals surface area contributed by atoms with Crippen molar-refractivity contribution in [3.05, 3.63) is 77.6 Å². The van der Waals surface area contributed by atoms with Crippen molar-refractivity contribution in [1.82, 2.24) is 30.1 Å². The van der Waals surface area contributed by atoms with Crippen molar-refractivity contribution in [1.29, 1.82) is 0 Å². The van der Waals surface area contributed by atoms with Gasteiger partial charge in [-0.25, -0.2) is 23.7 Å². The van der Waals surface area contributed by atoms with Crippen LogP contribution in [0.25, 0.3) is 22.5 Å². The third-order valence-electron chi connectivity index (χ3n) is 8.59. The number of anilines is 1. The van der Waals surface area contributed by atoms with Gasteiger partial charge in [0, 0.05) is 30.7 Å². The summed E-state index contributed by atoms with van der Waals surface area (Å²) in [5.41, 5.74) is 3.09. The Morgan fingerprint density at radius 1 is 1.05 bits per heavy atom. The second-order valence-corrected chi connectivity index (χ2v) is 10.9. The predicted molar refractivity (Wildman–Crippen MR) is 142 cm³/mol. The zero-order valence-corrected chi connectivity index (χ0v) is 22.0. The Bertz CT molecular complexity index is 1530. The molecule has 0 unspecified atom stereocenters. The van der Waals surface area contributed by atoms with Crippen LogP contribution in [0.4, 0.5) is 14.7 Å². The Labute approximate surface area is 225 Å². The van der Waals surface area contributed by atoms with Gasteiger partial charge in [-0.05, 0) is 54.4 Å². The molecule has 1 fully saturated rings. The third kappa shape index (κ3) is 3.88. The van der Waals surface area contributed by atoms with E-state index >= 15 is 0 Å². The smallest absolute Gasteiger partial charge is 0.222 e. The Morgan fingerprint density at radius 3 is 2.51 bits per heavy atom. The summed E-state index contributed by atoms with van der Waals surface area (Å²) in [6, 6.07) is 5.59. The van der Waals surface area contributed by atoms with E-state index in [2.05, 4.69) is 44.3 Å². The van der Waals surface area contributed by atoms with E-state index in [-0.39, 0.29) is 22.6 Å². The molecule has 0 saturated heterocycles. The highest BCUT2D eigenvalue weighted by molar-refractivity contribution is 5.64. The predicted octanol–water partition coefficient (Wildman–Crippen LogP) is 5.05. The fraction of sp³-hybridized carbons (Fsp3) is 0.379. The molecule has 10 heteroatoms. The van der Waals surface area contributed by atoms with Crippen LogP contribution in [0.2, 0.25) is 0 Å². The second-order valence-electron chi connectivity index (χ2n) is 10.9. The van der Waals surface area contributed by atoms with Crippen LogP contribution < -0.4 is 5.32 Å². The van der Waals surface area contributed by atoms with Crippen LogP contribution >= 0.6 is 0 Å². The first-order chi connectivity index (χ1) is 18.8. The first kappa shape index (κ1) is 25.4. The standard InChI is InChI=1S/C29H29F2N7O/c1-4-17(39)13-35-27-33-11-16(12-34-27)23-14-32-15-24(36-23)29-9-8-19(28(29,2)3)18-10-22(37-38-26(18)29)25-20(30)6-5-7-21(25)31/h5-7,10-12,14-15,17,19,39H,4,8-9,13H2,1-3H3,(H,33,34,35)/t17-,19+,29+/m1/s1. The summed E-state index contributed by atoms with van der Waals surface area (Å²) in [4.78, 5) is 18.3. The molecule has 200 valence electrons. The lowest BCUT2D eigenvalue weighted by Gasteiger charge is -2.37. The summed E-state index contributed by atoms with van der Waals surface area (Å²) in [7, 11) is 0. The number of hydrogen-bond acceptors (Lipinski definition) is 8. The molecular formula is C29H29F2N7O. The van der Waals surface area contributed by atoms with E-state index in [0.29, 0.717) is 30.2 Å².